The van der Waals surface area contributed by atoms with Crippen LogP contribution in [0.15, 0.2) is 18.3 Å². The van der Waals surface area contributed by atoms with Crippen LogP contribution in [0.3, 0.4) is 0 Å². The third-order valence-electron chi connectivity index (χ3n) is 2.23. The van der Waals surface area contributed by atoms with Crippen molar-refractivity contribution in [2.75, 3.05) is 6.61 Å². The molecule has 0 saturated carbocycles. The van der Waals surface area contributed by atoms with Gasteiger partial charge in [0.25, 0.3) is 0 Å². The predicted molar refractivity (Wildman–Crippen MR) is 43.8 cm³/mol. The number of rotatable bonds is 1. The molecule has 3 nitrogen and oxygen atoms in total. The lowest BCUT2D eigenvalue weighted by molar-refractivity contribution is -0.140. The number of cyclic esters (lactones) is 1. The second kappa shape index (κ2) is 2.66. The van der Waals surface area contributed by atoms with Crippen molar-refractivity contribution < 1.29 is 9.53 Å². The first-order valence-corrected chi connectivity index (χ1v) is 4.09. The molecule has 2 rings (SSSR count). The molecule has 0 amide bonds. The number of hydrogen-bond donors (Lipinski definition) is 0. The first kappa shape index (κ1) is 7.40. The molecule has 0 aromatic carbocycles. The lowest BCUT2D eigenvalue weighted by Gasteiger charge is -2.09. The molecule has 1 saturated heterocycles. The van der Waals surface area contributed by atoms with Gasteiger partial charge < -0.3 is 9.30 Å². The molecule has 0 radical (unpaired) electrons. The molecule has 1 aromatic rings. The molecule has 2 heterocycles. The summed E-state index contributed by atoms with van der Waals surface area (Å²) in [6.45, 7) is 2.55. The van der Waals surface area contributed by atoms with E-state index in [9.17, 15) is 4.79 Å². The van der Waals surface area contributed by atoms with E-state index in [-0.39, 0.29) is 12.0 Å². The van der Waals surface area contributed by atoms with Gasteiger partial charge in [0, 0.05) is 18.3 Å². The van der Waals surface area contributed by atoms with Gasteiger partial charge in [0.05, 0.1) is 6.61 Å². The van der Waals surface area contributed by atoms with Gasteiger partial charge in [-0.1, -0.05) is 0 Å². The zero-order valence-electron chi connectivity index (χ0n) is 6.99. The first-order chi connectivity index (χ1) is 5.79. The van der Waals surface area contributed by atoms with E-state index < -0.39 is 0 Å². The molecule has 3 heteroatoms. The van der Waals surface area contributed by atoms with Crippen molar-refractivity contribution in [3.05, 3.63) is 24.0 Å². The SMILES string of the molecule is Cc1cccn1C1CCOC1=O. The number of ether oxygens (including phenoxy) is 1. The molecule has 0 N–H and O–H groups in total. The Morgan fingerprint density at radius 1 is 1.67 bits per heavy atom. The van der Waals surface area contributed by atoms with Crippen LogP contribution in [0.4, 0.5) is 0 Å². The van der Waals surface area contributed by atoms with Crippen LogP contribution in [0.2, 0.25) is 0 Å². The van der Waals surface area contributed by atoms with Crippen molar-refractivity contribution in [1.29, 1.82) is 0 Å². The minimum Gasteiger partial charge on any atom is -0.464 e. The lowest BCUT2D eigenvalue weighted by Crippen LogP contribution is -2.14. The van der Waals surface area contributed by atoms with Gasteiger partial charge in [0.1, 0.15) is 6.04 Å². The van der Waals surface area contributed by atoms with Crippen molar-refractivity contribution in [1.82, 2.24) is 4.57 Å². The third-order valence-corrected chi connectivity index (χ3v) is 2.23. The fourth-order valence-corrected chi connectivity index (χ4v) is 1.57. The molecule has 1 fully saturated rings. The normalized spacial score (nSPS) is 22.8. The quantitative estimate of drug-likeness (QED) is 0.587. The summed E-state index contributed by atoms with van der Waals surface area (Å²) in [7, 11) is 0. The largest absolute Gasteiger partial charge is 0.464 e. The molecule has 1 aromatic heterocycles. The van der Waals surface area contributed by atoms with E-state index in [1.807, 2.05) is 29.8 Å². The third kappa shape index (κ3) is 1.02. The van der Waals surface area contributed by atoms with Crippen LogP contribution in [0.25, 0.3) is 0 Å². The number of hydrogen-bond acceptors (Lipinski definition) is 2. The summed E-state index contributed by atoms with van der Waals surface area (Å²) in [6, 6.07) is 3.85. The van der Waals surface area contributed by atoms with E-state index in [1.54, 1.807) is 0 Å². The minimum absolute atomic E-state index is 0.0833. The number of carbonyl (C=O) groups is 1. The molecule has 1 aliphatic rings. The number of aromatic nitrogens is 1. The van der Waals surface area contributed by atoms with Crippen LogP contribution in [-0.4, -0.2) is 17.1 Å². The van der Waals surface area contributed by atoms with Crippen molar-refractivity contribution in [2.24, 2.45) is 0 Å². The van der Waals surface area contributed by atoms with Crippen molar-refractivity contribution >= 4 is 5.97 Å². The zero-order chi connectivity index (χ0) is 8.55. The maximum absolute atomic E-state index is 11.2. The topological polar surface area (TPSA) is 31.2 Å². The van der Waals surface area contributed by atoms with Gasteiger partial charge in [0.2, 0.25) is 0 Å². The van der Waals surface area contributed by atoms with Crippen LogP contribution >= 0.6 is 0 Å². The molecule has 1 aliphatic heterocycles. The summed E-state index contributed by atoms with van der Waals surface area (Å²) in [6.07, 6.45) is 2.72. The second-order valence-electron chi connectivity index (χ2n) is 3.03. The monoisotopic (exact) mass is 165 g/mol. The summed E-state index contributed by atoms with van der Waals surface area (Å²) >= 11 is 0. The van der Waals surface area contributed by atoms with Gasteiger partial charge in [-0.3, -0.25) is 0 Å². The average molecular weight is 165 g/mol. The van der Waals surface area contributed by atoms with E-state index in [2.05, 4.69) is 0 Å². The highest BCUT2D eigenvalue weighted by Gasteiger charge is 2.27. The summed E-state index contributed by atoms with van der Waals surface area (Å²) in [5.74, 6) is -0.102. The smallest absolute Gasteiger partial charge is 0.329 e. The van der Waals surface area contributed by atoms with Gasteiger partial charge in [-0.05, 0) is 19.1 Å². The average Bonchev–Trinajstić information content (AvgIpc) is 2.59. The van der Waals surface area contributed by atoms with Gasteiger partial charge in [0.15, 0.2) is 0 Å². The molecular formula is C9H11NO2. The standard InChI is InChI=1S/C9H11NO2/c1-7-3-2-5-10(7)8-4-6-12-9(8)11/h2-3,5,8H,4,6H2,1H3. The van der Waals surface area contributed by atoms with Crippen LogP contribution in [0, 0.1) is 6.92 Å². The fourth-order valence-electron chi connectivity index (χ4n) is 1.57. The molecule has 0 spiro atoms. The van der Waals surface area contributed by atoms with Crippen LogP contribution in [-0.2, 0) is 9.53 Å². The molecule has 1 unspecified atom stereocenters. The molecule has 1 atom stereocenters. The Bertz CT molecular complexity index is 303. The van der Waals surface area contributed by atoms with Gasteiger partial charge in [-0.25, -0.2) is 4.79 Å². The molecule has 12 heavy (non-hydrogen) atoms. The van der Waals surface area contributed by atoms with Crippen molar-refractivity contribution in [3.8, 4) is 0 Å². The number of esters is 1. The van der Waals surface area contributed by atoms with E-state index in [1.165, 1.54) is 0 Å². The highest BCUT2D eigenvalue weighted by atomic mass is 16.5. The number of aryl methyl sites for hydroxylation is 1. The Kier molecular flexibility index (Phi) is 1.64. The Morgan fingerprint density at radius 3 is 3.00 bits per heavy atom. The van der Waals surface area contributed by atoms with E-state index in [4.69, 9.17) is 4.74 Å². The summed E-state index contributed by atoms with van der Waals surface area (Å²) < 4.78 is 6.85. The van der Waals surface area contributed by atoms with E-state index >= 15 is 0 Å². The maximum Gasteiger partial charge on any atom is 0.329 e. The Labute approximate surface area is 70.9 Å². The van der Waals surface area contributed by atoms with Crippen LogP contribution < -0.4 is 0 Å². The van der Waals surface area contributed by atoms with Crippen LogP contribution in [0.1, 0.15) is 18.2 Å². The molecule has 0 aliphatic carbocycles. The summed E-state index contributed by atoms with van der Waals surface area (Å²) in [4.78, 5) is 11.2. The molecule has 64 valence electrons. The highest BCUT2D eigenvalue weighted by molar-refractivity contribution is 5.76. The minimum atomic E-state index is -0.102. The molecule has 0 bridgehead atoms. The van der Waals surface area contributed by atoms with Crippen molar-refractivity contribution in [3.63, 3.8) is 0 Å². The summed E-state index contributed by atoms with van der Waals surface area (Å²) in [5, 5.41) is 0. The Morgan fingerprint density at radius 2 is 2.50 bits per heavy atom. The highest BCUT2D eigenvalue weighted by Crippen LogP contribution is 2.21. The maximum atomic E-state index is 11.2. The second-order valence-corrected chi connectivity index (χ2v) is 3.03. The number of carbonyl (C=O) groups excluding carboxylic acids is 1. The van der Waals surface area contributed by atoms with E-state index in [0.717, 1.165) is 12.1 Å². The predicted octanol–water partition coefficient (Wildman–Crippen LogP) is 1.28. The van der Waals surface area contributed by atoms with Crippen LogP contribution in [0.5, 0.6) is 0 Å². The van der Waals surface area contributed by atoms with Gasteiger partial charge >= 0.3 is 5.97 Å². The Balaban J connectivity index is 2.30. The van der Waals surface area contributed by atoms with Crippen molar-refractivity contribution in [2.45, 2.75) is 19.4 Å². The van der Waals surface area contributed by atoms with Gasteiger partial charge in [-0.2, -0.15) is 0 Å². The lowest BCUT2D eigenvalue weighted by atomic mass is 10.2. The Hall–Kier alpha value is -1.25. The molecular weight excluding hydrogens is 154 g/mol. The van der Waals surface area contributed by atoms with Gasteiger partial charge in [-0.15, -0.1) is 0 Å². The number of nitrogens with zero attached hydrogens (tertiary/aromatic N) is 1. The van der Waals surface area contributed by atoms with E-state index in [0.29, 0.717) is 6.61 Å². The summed E-state index contributed by atoms with van der Waals surface area (Å²) in [5.41, 5.74) is 1.11. The zero-order valence-corrected chi connectivity index (χ0v) is 6.99. The first-order valence-electron chi connectivity index (χ1n) is 4.09. The fraction of sp³-hybridized carbons (Fsp3) is 0.444.